The zero-order chi connectivity index (χ0) is 22.9. The van der Waals surface area contributed by atoms with Crippen LogP contribution < -0.4 is 15.0 Å². The first-order chi connectivity index (χ1) is 16.0. The van der Waals surface area contributed by atoms with Crippen LogP contribution in [0.1, 0.15) is 10.4 Å². The van der Waals surface area contributed by atoms with Gasteiger partial charge in [-0.3, -0.25) is 4.79 Å². The van der Waals surface area contributed by atoms with Gasteiger partial charge in [-0.05, 0) is 65.4 Å². The Morgan fingerprint density at radius 3 is 2.27 bits per heavy atom. The molecular formula is C26H23N5O2. The zero-order valence-electron chi connectivity index (χ0n) is 18.6. The van der Waals surface area contributed by atoms with Gasteiger partial charge in [-0.1, -0.05) is 24.3 Å². The van der Waals surface area contributed by atoms with E-state index in [1.807, 2.05) is 97.9 Å². The topological polar surface area (TPSA) is 72.3 Å². The van der Waals surface area contributed by atoms with E-state index in [0.29, 0.717) is 22.5 Å². The highest BCUT2D eigenvalue weighted by Crippen LogP contribution is 2.27. The Bertz CT molecular complexity index is 1470. The van der Waals surface area contributed by atoms with Gasteiger partial charge in [-0.15, -0.1) is 10.2 Å². The van der Waals surface area contributed by atoms with E-state index in [-0.39, 0.29) is 5.91 Å². The van der Waals surface area contributed by atoms with E-state index in [4.69, 9.17) is 4.74 Å². The SMILES string of the molecule is COc1cc2ccccc2cc1C(=O)Nc1ccc2nn(-c3ccc(N(C)C)cc3)nc2c1. The van der Waals surface area contributed by atoms with Gasteiger partial charge in [0, 0.05) is 25.5 Å². The maximum absolute atomic E-state index is 13.1. The normalized spacial score (nSPS) is 11.0. The van der Waals surface area contributed by atoms with E-state index in [0.717, 1.165) is 27.7 Å². The van der Waals surface area contributed by atoms with Crippen LogP contribution in [0.2, 0.25) is 0 Å². The fourth-order valence-electron chi connectivity index (χ4n) is 3.76. The molecule has 0 saturated heterocycles. The average molecular weight is 438 g/mol. The number of aromatic nitrogens is 3. The number of nitrogens with one attached hydrogen (secondary N) is 1. The van der Waals surface area contributed by atoms with Crippen molar-refractivity contribution < 1.29 is 9.53 Å². The standard InChI is InChI=1S/C26H23N5O2/c1-30(2)20-9-11-21(12-10-20)31-28-23-13-8-19(16-24(23)29-31)27-26(32)22-14-17-6-4-5-7-18(17)15-25(22)33-3/h4-16H,1-3H3,(H,27,32). The van der Waals surface area contributed by atoms with Crippen molar-refractivity contribution in [3.63, 3.8) is 0 Å². The second-order valence-corrected chi connectivity index (χ2v) is 7.96. The number of methoxy groups -OCH3 is 1. The molecule has 5 aromatic rings. The second-order valence-electron chi connectivity index (χ2n) is 7.96. The Balaban J connectivity index is 1.42. The van der Waals surface area contributed by atoms with E-state index in [2.05, 4.69) is 15.5 Å². The molecule has 1 N–H and O–H groups in total. The third-order valence-corrected chi connectivity index (χ3v) is 5.55. The summed E-state index contributed by atoms with van der Waals surface area (Å²) in [6.07, 6.45) is 0. The molecule has 0 bridgehead atoms. The minimum Gasteiger partial charge on any atom is -0.496 e. The molecule has 0 fully saturated rings. The summed E-state index contributed by atoms with van der Waals surface area (Å²) in [6, 6.07) is 25.1. The molecule has 4 aromatic carbocycles. The molecule has 7 heteroatoms. The number of ether oxygens (including phenoxy) is 1. The third kappa shape index (κ3) is 3.96. The van der Waals surface area contributed by atoms with E-state index >= 15 is 0 Å². The Labute approximate surface area is 191 Å². The lowest BCUT2D eigenvalue weighted by molar-refractivity contribution is 0.102. The number of nitrogens with zero attached hydrogens (tertiary/aromatic N) is 4. The van der Waals surface area contributed by atoms with Crippen LogP contribution in [-0.2, 0) is 0 Å². The van der Waals surface area contributed by atoms with Crippen molar-refractivity contribution in [2.75, 3.05) is 31.4 Å². The van der Waals surface area contributed by atoms with Gasteiger partial charge in [0.2, 0.25) is 0 Å². The van der Waals surface area contributed by atoms with Crippen LogP contribution in [0.4, 0.5) is 11.4 Å². The van der Waals surface area contributed by atoms with Gasteiger partial charge in [0.05, 0.1) is 18.4 Å². The molecule has 1 aromatic heterocycles. The van der Waals surface area contributed by atoms with Crippen LogP contribution in [-0.4, -0.2) is 42.1 Å². The lowest BCUT2D eigenvalue weighted by Crippen LogP contribution is -2.13. The van der Waals surface area contributed by atoms with Crippen molar-refractivity contribution >= 4 is 39.1 Å². The van der Waals surface area contributed by atoms with E-state index in [9.17, 15) is 4.79 Å². The third-order valence-electron chi connectivity index (χ3n) is 5.55. The molecule has 0 radical (unpaired) electrons. The lowest BCUT2D eigenvalue weighted by Gasteiger charge is -2.12. The van der Waals surface area contributed by atoms with Gasteiger partial charge in [0.25, 0.3) is 5.91 Å². The van der Waals surface area contributed by atoms with Crippen LogP contribution >= 0.6 is 0 Å². The molecule has 0 spiro atoms. The van der Waals surface area contributed by atoms with Gasteiger partial charge >= 0.3 is 0 Å². The van der Waals surface area contributed by atoms with Gasteiger partial charge < -0.3 is 15.0 Å². The molecule has 0 unspecified atom stereocenters. The van der Waals surface area contributed by atoms with E-state index < -0.39 is 0 Å². The minimum absolute atomic E-state index is 0.247. The molecule has 7 nitrogen and oxygen atoms in total. The molecule has 0 aliphatic carbocycles. The summed E-state index contributed by atoms with van der Waals surface area (Å²) < 4.78 is 5.47. The highest BCUT2D eigenvalue weighted by Gasteiger charge is 2.15. The molecule has 1 amide bonds. The van der Waals surface area contributed by atoms with Crippen molar-refractivity contribution in [1.29, 1.82) is 0 Å². The lowest BCUT2D eigenvalue weighted by atomic mass is 10.1. The Hall–Kier alpha value is -4.39. The van der Waals surface area contributed by atoms with Gasteiger partial charge in [-0.25, -0.2) is 0 Å². The monoisotopic (exact) mass is 437 g/mol. The number of hydrogen-bond donors (Lipinski definition) is 1. The summed E-state index contributed by atoms with van der Waals surface area (Å²) in [5, 5.41) is 14.1. The Morgan fingerprint density at radius 1 is 0.879 bits per heavy atom. The predicted molar refractivity (Wildman–Crippen MR) is 132 cm³/mol. The van der Waals surface area contributed by atoms with Gasteiger partial charge in [0.15, 0.2) is 0 Å². The summed E-state index contributed by atoms with van der Waals surface area (Å²) >= 11 is 0. The van der Waals surface area contributed by atoms with Gasteiger partial charge in [0.1, 0.15) is 16.8 Å². The maximum Gasteiger partial charge on any atom is 0.259 e. The highest BCUT2D eigenvalue weighted by atomic mass is 16.5. The molecule has 0 aliphatic rings. The number of hydrogen-bond acceptors (Lipinski definition) is 5. The zero-order valence-corrected chi connectivity index (χ0v) is 18.6. The Kier molecular flexibility index (Phi) is 5.14. The number of carbonyl (C=O) groups is 1. The molecule has 1 heterocycles. The summed E-state index contributed by atoms with van der Waals surface area (Å²) in [4.78, 5) is 16.7. The Morgan fingerprint density at radius 2 is 1.58 bits per heavy atom. The molecular weight excluding hydrogens is 414 g/mol. The molecule has 33 heavy (non-hydrogen) atoms. The average Bonchev–Trinajstić information content (AvgIpc) is 3.26. The summed E-state index contributed by atoms with van der Waals surface area (Å²) in [7, 11) is 5.56. The van der Waals surface area contributed by atoms with Crippen molar-refractivity contribution in [2.24, 2.45) is 0 Å². The largest absolute Gasteiger partial charge is 0.496 e. The fourth-order valence-corrected chi connectivity index (χ4v) is 3.76. The van der Waals surface area contributed by atoms with Crippen molar-refractivity contribution in [3.8, 4) is 11.4 Å². The first kappa shape index (κ1) is 20.5. The van der Waals surface area contributed by atoms with Crippen molar-refractivity contribution in [3.05, 3.63) is 84.4 Å². The molecule has 5 rings (SSSR count). The number of rotatable bonds is 5. The first-order valence-corrected chi connectivity index (χ1v) is 10.5. The van der Waals surface area contributed by atoms with Crippen molar-refractivity contribution in [1.82, 2.24) is 15.0 Å². The molecule has 0 aliphatic heterocycles. The summed E-state index contributed by atoms with van der Waals surface area (Å²) in [5.41, 5.74) is 4.51. The van der Waals surface area contributed by atoms with Crippen LogP contribution in [0.25, 0.3) is 27.5 Å². The van der Waals surface area contributed by atoms with Gasteiger partial charge in [-0.2, -0.15) is 4.80 Å². The first-order valence-electron chi connectivity index (χ1n) is 10.5. The van der Waals surface area contributed by atoms with E-state index in [1.165, 1.54) is 0 Å². The molecule has 0 saturated carbocycles. The smallest absolute Gasteiger partial charge is 0.259 e. The number of amides is 1. The molecule has 0 atom stereocenters. The predicted octanol–water partition coefficient (Wildman–Crippen LogP) is 4.90. The molecule has 164 valence electrons. The number of carbonyl (C=O) groups excluding carboxylic acids is 1. The van der Waals surface area contributed by atoms with Crippen LogP contribution in [0.15, 0.2) is 78.9 Å². The summed E-state index contributed by atoms with van der Waals surface area (Å²) in [6.45, 7) is 0. The van der Waals surface area contributed by atoms with E-state index in [1.54, 1.807) is 11.9 Å². The highest BCUT2D eigenvalue weighted by molar-refractivity contribution is 6.09. The number of benzene rings is 4. The van der Waals surface area contributed by atoms with Crippen LogP contribution in [0.5, 0.6) is 5.75 Å². The number of fused-ring (bicyclic) bond motifs is 2. The fraction of sp³-hybridized carbons (Fsp3) is 0.115. The second kappa shape index (κ2) is 8.27. The number of anilines is 2. The minimum atomic E-state index is -0.247. The van der Waals surface area contributed by atoms with Crippen molar-refractivity contribution in [2.45, 2.75) is 0 Å². The maximum atomic E-state index is 13.1. The van der Waals surface area contributed by atoms with Crippen LogP contribution in [0.3, 0.4) is 0 Å². The quantitative estimate of drug-likeness (QED) is 0.423. The van der Waals surface area contributed by atoms with Crippen LogP contribution in [0, 0.1) is 0 Å². The summed E-state index contributed by atoms with van der Waals surface area (Å²) in [5.74, 6) is 0.281.